The molecule has 2 aromatic rings. The SMILES string of the molecule is CNCc1ccc(S(=O)(=O)Nc2ccc(Br)cc2Br)o1. The maximum absolute atomic E-state index is 12.2. The molecule has 0 radical (unpaired) electrons. The minimum absolute atomic E-state index is 0.113. The lowest BCUT2D eigenvalue weighted by atomic mass is 10.3. The second-order valence-corrected chi connectivity index (χ2v) is 7.36. The molecule has 0 unspecified atom stereocenters. The van der Waals surface area contributed by atoms with Gasteiger partial charge in [0.15, 0.2) is 0 Å². The minimum atomic E-state index is -3.74. The Kier molecular flexibility index (Phi) is 4.90. The first kappa shape index (κ1) is 15.6. The van der Waals surface area contributed by atoms with Gasteiger partial charge in [0.2, 0.25) is 5.09 Å². The number of rotatable bonds is 5. The van der Waals surface area contributed by atoms with Crippen LogP contribution < -0.4 is 10.0 Å². The van der Waals surface area contributed by atoms with E-state index in [4.69, 9.17) is 4.42 Å². The highest BCUT2D eigenvalue weighted by Crippen LogP contribution is 2.28. The molecule has 8 heteroatoms. The average Bonchev–Trinajstić information content (AvgIpc) is 2.83. The zero-order chi connectivity index (χ0) is 14.8. The number of hydrogen-bond acceptors (Lipinski definition) is 4. The van der Waals surface area contributed by atoms with Gasteiger partial charge < -0.3 is 9.73 Å². The first-order valence-electron chi connectivity index (χ1n) is 5.63. The second-order valence-electron chi connectivity index (χ2n) is 3.98. The molecule has 0 bridgehead atoms. The molecule has 20 heavy (non-hydrogen) atoms. The van der Waals surface area contributed by atoms with Gasteiger partial charge in [-0.3, -0.25) is 4.72 Å². The molecule has 2 rings (SSSR count). The summed E-state index contributed by atoms with van der Waals surface area (Å²) in [7, 11) is -1.98. The van der Waals surface area contributed by atoms with E-state index in [2.05, 4.69) is 41.9 Å². The fourth-order valence-corrected chi connectivity index (χ4v) is 3.85. The molecule has 0 aliphatic rings. The smallest absolute Gasteiger partial charge is 0.295 e. The van der Waals surface area contributed by atoms with Crippen LogP contribution in [-0.4, -0.2) is 15.5 Å². The lowest BCUT2D eigenvalue weighted by molar-refractivity contribution is 0.408. The van der Waals surface area contributed by atoms with E-state index < -0.39 is 10.0 Å². The molecular weight excluding hydrogens is 412 g/mol. The van der Waals surface area contributed by atoms with Crippen LogP contribution in [0.4, 0.5) is 5.69 Å². The topological polar surface area (TPSA) is 71.3 Å². The van der Waals surface area contributed by atoms with Crippen molar-refractivity contribution in [2.75, 3.05) is 11.8 Å². The van der Waals surface area contributed by atoms with Crippen LogP contribution in [0.2, 0.25) is 0 Å². The second kappa shape index (κ2) is 6.30. The third-order valence-electron chi connectivity index (χ3n) is 2.43. The maximum atomic E-state index is 12.2. The largest absolute Gasteiger partial charge is 0.446 e. The van der Waals surface area contributed by atoms with Crippen LogP contribution in [0.3, 0.4) is 0 Å². The number of anilines is 1. The summed E-state index contributed by atoms with van der Waals surface area (Å²) in [5.74, 6) is 0.558. The molecule has 0 aliphatic carbocycles. The van der Waals surface area contributed by atoms with Crippen molar-refractivity contribution in [1.29, 1.82) is 0 Å². The molecule has 0 amide bonds. The molecule has 0 fully saturated rings. The van der Waals surface area contributed by atoms with E-state index in [1.165, 1.54) is 6.07 Å². The molecule has 0 saturated carbocycles. The van der Waals surface area contributed by atoms with Gasteiger partial charge >= 0.3 is 0 Å². The van der Waals surface area contributed by atoms with Crippen molar-refractivity contribution in [2.45, 2.75) is 11.6 Å². The number of halogens is 2. The van der Waals surface area contributed by atoms with Crippen LogP contribution in [0.5, 0.6) is 0 Å². The van der Waals surface area contributed by atoms with Crippen LogP contribution in [0.1, 0.15) is 5.76 Å². The molecule has 2 N–H and O–H groups in total. The van der Waals surface area contributed by atoms with Gasteiger partial charge in [-0.25, -0.2) is 0 Å². The third kappa shape index (κ3) is 3.63. The van der Waals surface area contributed by atoms with Gasteiger partial charge in [-0.1, -0.05) is 15.9 Å². The molecule has 0 saturated heterocycles. The van der Waals surface area contributed by atoms with Crippen molar-refractivity contribution < 1.29 is 12.8 Å². The van der Waals surface area contributed by atoms with E-state index >= 15 is 0 Å². The van der Waals surface area contributed by atoms with Crippen LogP contribution in [0.25, 0.3) is 0 Å². The Labute approximate surface area is 134 Å². The van der Waals surface area contributed by atoms with Crippen molar-refractivity contribution >= 4 is 47.6 Å². The van der Waals surface area contributed by atoms with Crippen LogP contribution in [0.15, 0.2) is 48.8 Å². The monoisotopic (exact) mass is 422 g/mol. The Bertz CT molecular complexity index is 713. The van der Waals surface area contributed by atoms with Crippen molar-refractivity contribution in [3.8, 4) is 0 Å². The molecule has 0 aliphatic heterocycles. The summed E-state index contributed by atoms with van der Waals surface area (Å²) < 4.78 is 33.6. The van der Waals surface area contributed by atoms with Crippen molar-refractivity contribution in [2.24, 2.45) is 0 Å². The highest BCUT2D eigenvalue weighted by molar-refractivity contribution is 9.11. The lowest BCUT2D eigenvalue weighted by Gasteiger charge is -2.08. The maximum Gasteiger partial charge on any atom is 0.295 e. The molecule has 1 heterocycles. The van der Waals surface area contributed by atoms with Crippen molar-refractivity contribution in [3.05, 3.63) is 45.0 Å². The summed E-state index contributed by atoms with van der Waals surface area (Å²) in [6, 6.07) is 8.22. The number of sulfonamides is 1. The molecule has 108 valence electrons. The van der Waals surface area contributed by atoms with E-state index in [9.17, 15) is 8.42 Å². The predicted molar refractivity (Wildman–Crippen MR) is 84.1 cm³/mol. The van der Waals surface area contributed by atoms with Gasteiger partial charge in [0.05, 0.1) is 12.2 Å². The minimum Gasteiger partial charge on any atom is -0.446 e. The highest BCUT2D eigenvalue weighted by atomic mass is 79.9. The van der Waals surface area contributed by atoms with E-state index in [1.54, 1.807) is 31.3 Å². The zero-order valence-corrected chi connectivity index (χ0v) is 14.5. The standard InChI is InChI=1S/C12H12Br2N2O3S/c1-15-7-9-3-5-12(19-9)20(17,18)16-11-4-2-8(13)6-10(11)14/h2-6,15-16H,7H2,1H3. The Balaban J connectivity index is 2.26. The first-order chi connectivity index (χ1) is 9.42. The fourth-order valence-electron chi connectivity index (χ4n) is 1.54. The Morgan fingerprint density at radius 3 is 2.60 bits per heavy atom. The van der Waals surface area contributed by atoms with Gasteiger partial charge in [0.1, 0.15) is 5.76 Å². The predicted octanol–water partition coefficient (Wildman–Crippen LogP) is 3.32. The lowest BCUT2D eigenvalue weighted by Crippen LogP contribution is -2.12. The number of benzene rings is 1. The number of hydrogen-bond donors (Lipinski definition) is 2. The number of nitrogens with one attached hydrogen (secondary N) is 2. The summed E-state index contributed by atoms with van der Waals surface area (Å²) in [5.41, 5.74) is 0.444. The van der Waals surface area contributed by atoms with Gasteiger partial charge in [-0.15, -0.1) is 0 Å². The first-order valence-corrected chi connectivity index (χ1v) is 8.70. The molecule has 0 atom stereocenters. The number of furan rings is 1. The third-order valence-corrected chi connectivity index (χ3v) is 4.82. The van der Waals surface area contributed by atoms with Gasteiger partial charge in [-0.05, 0) is 53.3 Å². The van der Waals surface area contributed by atoms with E-state index in [0.717, 1.165) is 4.47 Å². The molecule has 1 aromatic carbocycles. The molecule has 5 nitrogen and oxygen atoms in total. The van der Waals surface area contributed by atoms with Gasteiger partial charge in [0.25, 0.3) is 10.0 Å². The van der Waals surface area contributed by atoms with Crippen LogP contribution in [0, 0.1) is 0 Å². The summed E-state index contributed by atoms with van der Waals surface area (Å²) in [6.45, 7) is 0.470. The summed E-state index contributed by atoms with van der Waals surface area (Å²) in [4.78, 5) is 0. The normalized spacial score (nSPS) is 11.6. The van der Waals surface area contributed by atoms with E-state index in [-0.39, 0.29) is 5.09 Å². The van der Waals surface area contributed by atoms with Crippen LogP contribution in [-0.2, 0) is 16.6 Å². The molecule has 1 aromatic heterocycles. The Hall–Kier alpha value is -0.830. The Morgan fingerprint density at radius 1 is 1.20 bits per heavy atom. The summed E-state index contributed by atoms with van der Waals surface area (Å²) in [6.07, 6.45) is 0. The van der Waals surface area contributed by atoms with Gasteiger partial charge in [-0.2, -0.15) is 8.42 Å². The summed E-state index contributed by atoms with van der Waals surface area (Å²) >= 11 is 6.61. The Morgan fingerprint density at radius 2 is 1.95 bits per heavy atom. The van der Waals surface area contributed by atoms with Crippen LogP contribution >= 0.6 is 31.9 Å². The molecular formula is C12H12Br2N2O3S. The summed E-state index contributed by atoms with van der Waals surface area (Å²) in [5, 5.41) is 2.78. The molecule has 0 spiro atoms. The average molecular weight is 424 g/mol. The van der Waals surface area contributed by atoms with Gasteiger partial charge in [0, 0.05) is 8.95 Å². The highest BCUT2D eigenvalue weighted by Gasteiger charge is 2.19. The zero-order valence-electron chi connectivity index (χ0n) is 10.5. The van der Waals surface area contributed by atoms with E-state index in [0.29, 0.717) is 22.5 Å². The van der Waals surface area contributed by atoms with Crippen molar-refractivity contribution in [3.63, 3.8) is 0 Å². The van der Waals surface area contributed by atoms with Crippen molar-refractivity contribution in [1.82, 2.24) is 5.32 Å². The van der Waals surface area contributed by atoms with E-state index in [1.807, 2.05) is 0 Å². The quantitative estimate of drug-likeness (QED) is 0.773. The fraction of sp³-hybridized carbons (Fsp3) is 0.167.